The molecule has 0 atom stereocenters. The molecule has 1 aromatic rings. The minimum Gasteiger partial charge on any atom is -0.356 e. The number of nitrogens with one attached hydrogen (secondary N) is 1. The molecule has 0 aliphatic rings. The molecule has 0 unspecified atom stereocenters. The van der Waals surface area contributed by atoms with Crippen molar-refractivity contribution in [2.75, 3.05) is 13.1 Å². The molecule has 0 aromatic heterocycles. The lowest BCUT2D eigenvalue weighted by Gasteiger charge is -2.05. The fourth-order valence-electron chi connectivity index (χ4n) is 1.71. The van der Waals surface area contributed by atoms with Crippen molar-refractivity contribution >= 4 is 5.91 Å². The van der Waals surface area contributed by atoms with Gasteiger partial charge in [0, 0.05) is 13.0 Å². The first-order chi connectivity index (χ1) is 8.22. The van der Waals surface area contributed by atoms with Crippen molar-refractivity contribution in [2.45, 2.75) is 32.6 Å². The molecule has 0 spiro atoms. The van der Waals surface area contributed by atoms with E-state index in [9.17, 15) is 4.79 Å². The minimum absolute atomic E-state index is 0.128. The lowest BCUT2D eigenvalue weighted by molar-refractivity contribution is -0.121. The first-order valence-electron chi connectivity index (χ1n) is 6.24. The number of nitrogens with two attached hydrogens (primary N) is 1. The molecule has 94 valence electrons. The highest BCUT2D eigenvalue weighted by molar-refractivity contribution is 5.76. The van der Waals surface area contributed by atoms with E-state index >= 15 is 0 Å². The Morgan fingerprint density at radius 3 is 2.88 bits per heavy atom. The highest BCUT2D eigenvalue weighted by Gasteiger charge is 2.01. The van der Waals surface area contributed by atoms with Crippen LogP contribution in [0.1, 0.15) is 30.4 Å². The van der Waals surface area contributed by atoms with Crippen LogP contribution in [0.2, 0.25) is 0 Å². The summed E-state index contributed by atoms with van der Waals surface area (Å²) in [4.78, 5) is 11.5. The van der Waals surface area contributed by atoms with Gasteiger partial charge in [0.1, 0.15) is 0 Å². The van der Waals surface area contributed by atoms with Gasteiger partial charge in [-0.15, -0.1) is 0 Å². The van der Waals surface area contributed by atoms with Gasteiger partial charge in [-0.1, -0.05) is 29.8 Å². The number of benzene rings is 1. The van der Waals surface area contributed by atoms with Crippen molar-refractivity contribution in [3.05, 3.63) is 35.4 Å². The summed E-state index contributed by atoms with van der Waals surface area (Å²) in [7, 11) is 0. The summed E-state index contributed by atoms with van der Waals surface area (Å²) in [5.74, 6) is 0.128. The molecule has 1 rings (SSSR count). The van der Waals surface area contributed by atoms with Gasteiger partial charge < -0.3 is 11.1 Å². The first kappa shape index (κ1) is 13.7. The van der Waals surface area contributed by atoms with Crippen LogP contribution in [0, 0.1) is 6.92 Å². The molecule has 0 saturated carbocycles. The van der Waals surface area contributed by atoms with Crippen molar-refractivity contribution in [3.63, 3.8) is 0 Å². The standard InChI is InChI=1S/C14H22N2O/c1-12-5-4-6-13(11-12)7-8-14(17)16-10-3-2-9-15/h4-6,11H,2-3,7-10,15H2,1H3,(H,16,17). The van der Waals surface area contributed by atoms with Crippen molar-refractivity contribution in [3.8, 4) is 0 Å². The molecule has 0 fully saturated rings. The monoisotopic (exact) mass is 234 g/mol. The van der Waals surface area contributed by atoms with Crippen LogP contribution in [0.3, 0.4) is 0 Å². The Hall–Kier alpha value is -1.35. The molecule has 3 heteroatoms. The summed E-state index contributed by atoms with van der Waals surface area (Å²) in [5, 5.41) is 2.91. The zero-order valence-corrected chi connectivity index (χ0v) is 10.5. The summed E-state index contributed by atoms with van der Waals surface area (Å²) < 4.78 is 0. The zero-order chi connectivity index (χ0) is 12.5. The molecule has 0 aliphatic carbocycles. The van der Waals surface area contributed by atoms with Crippen LogP contribution in [-0.2, 0) is 11.2 Å². The fraction of sp³-hybridized carbons (Fsp3) is 0.500. The summed E-state index contributed by atoms with van der Waals surface area (Å²) >= 11 is 0. The summed E-state index contributed by atoms with van der Waals surface area (Å²) in [6, 6.07) is 8.29. The minimum atomic E-state index is 0.128. The maximum absolute atomic E-state index is 11.5. The lowest BCUT2D eigenvalue weighted by atomic mass is 10.1. The zero-order valence-electron chi connectivity index (χ0n) is 10.5. The molecule has 3 N–H and O–H groups in total. The number of carbonyl (C=O) groups excluding carboxylic acids is 1. The van der Waals surface area contributed by atoms with Gasteiger partial charge in [0.05, 0.1) is 0 Å². The molecule has 1 amide bonds. The number of hydrogen-bond acceptors (Lipinski definition) is 2. The van der Waals surface area contributed by atoms with Crippen molar-refractivity contribution < 1.29 is 4.79 Å². The van der Waals surface area contributed by atoms with E-state index in [4.69, 9.17) is 5.73 Å². The largest absolute Gasteiger partial charge is 0.356 e. The third-order valence-corrected chi connectivity index (χ3v) is 2.68. The Balaban J connectivity index is 2.19. The molecular weight excluding hydrogens is 212 g/mol. The van der Waals surface area contributed by atoms with E-state index in [2.05, 4.69) is 30.4 Å². The molecule has 0 bridgehead atoms. The summed E-state index contributed by atoms with van der Waals surface area (Å²) in [5.41, 5.74) is 7.85. The van der Waals surface area contributed by atoms with Crippen LogP contribution < -0.4 is 11.1 Å². The summed E-state index contributed by atoms with van der Waals surface area (Å²) in [6.45, 7) is 3.50. The first-order valence-corrected chi connectivity index (χ1v) is 6.24. The number of hydrogen-bond donors (Lipinski definition) is 2. The van der Waals surface area contributed by atoms with Crippen LogP contribution in [0.25, 0.3) is 0 Å². The van der Waals surface area contributed by atoms with E-state index in [0.717, 1.165) is 25.8 Å². The van der Waals surface area contributed by atoms with Gasteiger partial charge in [0.2, 0.25) is 5.91 Å². The van der Waals surface area contributed by atoms with Crippen molar-refractivity contribution in [1.82, 2.24) is 5.32 Å². The maximum atomic E-state index is 11.5. The summed E-state index contributed by atoms with van der Waals surface area (Å²) in [6.07, 6.45) is 3.31. The normalized spacial score (nSPS) is 10.2. The van der Waals surface area contributed by atoms with Gasteiger partial charge in [-0.3, -0.25) is 4.79 Å². The second kappa shape index (κ2) is 7.85. The topological polar surface area (TPSA) is 55.1 Å². The number of rotatable bonds is 7. The second-order valence-electron chi connectivity index (χ2n) is 4.33. The number of aryl methyl sites for hydroxylation is 2. The van der Waals surface area contributed by atoms with E-state index in [0.29, 0.717) is 13.0 Å². The SMILES string of the molecule is Cc1cccc(CCC(=O)NCCCCN)c1. The fourth-order valence-corrected chi connectivity index (χ4v) is 1.71. The van der Waals surface area contributed by atoms with Crippen LogP contribution in [0.15, 0.2) is 24.3 Å². The smallest absolute Gasteiger partial charge is 0.220 e. The Morgan fingerprint density at radius 1 is 1.35 bits per heavy atom. The number of amides is 1. The Kier molecular flexibility index (Phi) is 6.33. The van der Waals surface area contributed by atoms with Crippen LogP contribution >= 0.6 is 0 Å². The van der Waals surface area contributed by atoms with Crippen LogP contribution in [0.4, 0.5) is 0 Å². The van der Waals surface area contributed by atoms with E-state index in [-0.39, 0.29) is 5.91 Å². The van der Waals surface area contributed by atoms with Gasteiger partial charge in [0.15, 0.2) is 0 Å². The van der Waals surface area contributed by atoms with Gasteiger partial charge in [-0.05, 0) is 38.3 Å². The molecule has 17 heavy (non-hydrogen) atoms. The van der Waals surface area contributed by atoms with Crippen molar-refractivity contribution in [2.24, 2.45) is 5.73 Å². The molecule has 0 heterocycles. The molecule has 3 nitrogen and oxygen atoms in total. The highest BCUT2D eigenvalue weighted by atomic mass is 16.1. The average molecular weight is 234 g/mol. The highest BCUT2D eigenvalue weighted by Crippen LogP contribution is 2.06. The molecule has 0 saturated heterocycles. The van der Waals surface area contributed by atoms with E-state index < -0.39 is 0 Å². The quantitative estimate of drug-likeness (QED) is 0.707. The van der Waals surface area contributed by atoms with Crippen LogP contribution in [0.5, 0.6) is 0 Å². The molecular formula is C14H22N2O. The molecule has 1 aromatic carbocycles. The maximum Gasteiger partial charge on any atom is 0.220 e. The third kappa shape index (κ3) is 6.07. The lowest BCUT2D eigenvalue weighted by Crippen LogP contribution is -2.25. The Labute approximate surface area is 103 Å². The Bertz CT molecular complexity index is 350. The molecule has 0 aliphatic heterocycles. The third-order valence-electron chi connectivity index (χ3n) is 2.68. The predicted molar refractivity (Wildman–Crippen MR) is 70.8 cm³/mol. The van der Waals surface area contributed by atoms with E-state index in [1.807, 2.05) is 6.07 Å². The number of unbranched alkanes of at least 4 members (excludes halogenated alkanes) is 1. The van der Waals surface area contributed by atoms with Crippen molar-refractivity contribution in [1.29, 1.82) is 0 Å². The van der Waals surface area contributed by atoms with Gasteiger partial charge in [0.25, 0.3) is 0 Å². The molecule has 0 radical (unpaired) electrons. The average Bonchev–Trinajstić information content (AvgIpc) is 2.32. The number of carbonyl (C=O) groups is 1. The second-order valence-corrected chi connectivity index (χ2v) is 4.33. The van der Waals surface area contributed by atoms with Gasteiger partial charge in [-0.2, -0.15) is 0 Å². The van der Waals surface area contributed by atoms with Crippen LogP contribution in [-0.4, -0.2) is 19.0 Å². The van der Waals surface area contributed by atoms with Gasteiger partial charge >= 0.3 is 0 Å². The van der Waals surface area contributed by atoms with Gasteiger partial charge in [-0.25, -0.2) is 0 Å². The Morgan fingerprint density at radius 2 is 2.18 bits per heavy atom. The van der Waals surface area contributed by atoms with E-state index in [1.54, 1.807) is 0 Å². The van der Waals surface area contributed by atoms with E-state index in [1.165, 1.54) is 11.1 Å². The predicted octanol–water partition coefficient (Wildman–Crippen LogP) is 1.78.